The lowest BCUT2D eigenvalue weighted by Crippen LogP contribution is -2.21. The summed E-state index contributed by atoms with van der Waals surface area (Å²) in [5, 5.41) is 8.53. The van der Waals surface area contributed by atoms with Gasteiger partial charge in [-0.05, 0) is 74.8 Å². The Kier molecular flexibility index (Phi) is 7.33. The molecular formula is C34H25IN2O3. The van der Waals surface area contributed by atoms with Gasteiger partial charge in [-0.25, -0.2) is 0 Å². The molecule has 0 aliphatic carbocycles. The maximum absolute atomic E-state index is 13.7. The Labute approximate surface area is 246 Å². The maximum Gasteiger partial charge on any atom is 0.281 e. The first-order valence-electron chi connectivity index (χ1n) is 12.8. The lowest BCUT2D eigenvalue weighted by Gasteiger charge is -2.15. The Morgan fingerprint density at radius 1 is 0.850 bits per heavy atom. The molecule has 0 atom stereocenters. The molecule has 5 aromatic rings. The van der Waals surface area contributed by atoms with E-state index in [-0.39, 0.29) is 5.91 Å². The van der Waals surface area contributed by atoms with Crippen LogP contribution in [-0.4, -0.2) is 18.7 Å². The molecule has 1 aliphatic heterocycles. The van der Waals surface area contributed by atoms with E-state index >= 15 is 0 Å². The zero-order valence-electron chi connectivity index (χ0n) is 21.8. The van der Waals surface area contributed by atoms with E-state index in [0.717, 1.165) is 25.6 Å². The van der Waals surface area contributed by atoms with Crippen molar-refractivity contribution in [2.75, 3.05) is 12.1 Å². The van der Waals surface area contributed by atoms with Crippen molar-refractivity contribution in [1.29, 1.82) is 0 Å². The third-order valence-corrected chi connectivity index (χ3v) is 7.54. The van der Waals surface area contributed by atoms with Crippen LogP contribution in [0.15, 0.2) is 126 Å². The zero-order valence-corrected chi connectivity index (χ0v) is 23.9. The Balaban J connectivity index is 1.35. The molecule has 1 heterocycles. The van der Waals surface area contributed by atoms with E-state index in [4.69, 9.17) is 14.6 Å². The van der Waals surface area contributed by atoms with Gasteiger partial charge in [0.15, 0.2) is 11.5 Å². The number of carbonyl (C=O) groups excluding carboxylic acids is 1. The molecule has 0 spiro atoms. The minimum Gasteiger partial charge on any atom is -0.493 e. The SMILES string of the molecule is COc1cc(/C=C2\C(=O)N(c3ccccc3)N=C2c2ccccc2)cc(I)c1OCc1cccc2ccccc12. The Morgan fingerprint density at radius 2 is 1.55 bits per heavy atom. The first-order chi connectivity index (χ1) is 19.6. The van der Waals surface area contributed by atoms with Gasteiger partial charge in [0.2, 0.25) is 0 Å². The van der Waals surface area contributed by atoms with E-state index in [9.17, 15) is 4.79 Å². The quantitative estimate of drug-likeness (QED) is 0.135. The van der Waals surface area contributed by atoms with E-state index in [2.05, 4.69) is 46.9 Å². The number of hydrogen-bond donors (Lipinski definition) is 0. The van der Waals surface area contributed by atoms with Crippen molar-refractivity contribution in [2.24, 2.45) is 5.10 Å². The maximum atomic E-state index is 13.7. The van der Waals surface area contributed by atoms with Crippen LogP contribution in [0.5, 0.6) is 11.5 Å². The number of amides is 1. The second-order valence-corrected chi connectivity index (χ2v) is 10.4. The normalized spacial score (nSPS) is 14.1. The molecule has 0 N–H and O–H groups in total. The molecule has 0 fully saturated rings. The predicted octanol–water partition coefficient (Wildman–Crippen LogP) is 7.87. The highest BCUT2D eigenvalue weighted by atomic mass is 127. The predicted molar refractivity (Wildman–Crippen MR) is 169 cm³/mol. The number of benzene rings is 5. The number of halogens is 1. The molecule has 0 bridgehead atoms. The Bertz CT molecular complexity index is 1760. The first-order valence-corrected chi connectivity index (χ1v) is 13.9. The summed E-state index contributed by atoms with van der Waals surface area (Å²) < 4.78 is 12.9. The third kappa shape index (κ3) is 5.10. The van der Waals surface area contributed by atoms with Crippen LogP contribution in [-0.2, 0) is 11.4 Å². The van der Waals surface area contributed by atoms with Gasteiger partial charge in [0.05, 0.1) is 21.9 Å². The van der Waals surface area contributed by atoms with Crippen LogP contribution in [0.25, 0.3) is 16.8 Å². The second kappa shape index (κ2) is 11.4. The van der Waals surface area contributed by atoms with Gasteiger partial charge in [0.25, 0.3) is 5.91 Å². The highest BCUT2D eigenvalue weighted by Crippen LogP contribution is 2.36. The summed E-state index contributed by atoms with van der Waals surface area (Å²) in [5.74, 6) is 1.08. The highest BCUT2D eigenvalue weighted by Gasteiger charge is 2.32. The standard InChI is InChI=1S/C34H25IN2O3/c1-39-31-21-23(20-30(35)33(31)40-22-26-15-10-14-24-11-8-9-18-28(24)26)19-29-32(25-12-4-2-5-13-25)36-37(34(29)38)27-16-6-3-7-17-27/h2-21H,22H2,1H3/b29-19-. The van der Waals surface area contributed by atoms with Crippen molar-refractivity contribution in [3.63, 3.8) is 0 Å². The van der Waals surface area contributed by atoms with Crippen LogP contribution >= 0.6 is 22.6 Å². The van der Waals surface area contributed by atoms with Gasteiger partial charge in [0, 0.05) is 5.56 Å². The van der Waals surface area contributed by atoms with Crippen LogP contribution in [0.1, 0.15) is 16.7 Å². The summed E-state index contributed by atoms with van der Waals surface area (Å²) in [6, 6.07) is 37.6. The summed E-state index contributed by atoms with van der Waals surface area (Å²) in [7, 11) is 1.63. The lowest BCUT2D eigenvalue weighted by molar-refractivity contribution is -0.114. The average molecular weight is 636 g/mol. The van der Waals surface area contributed by atoms with Crippen LogP contribution < -0.4 is 14.5 Å². The van der Waals surface area contributed by atoms with Crippen LogP contribution in [0.2, 0.25) is 0 Å². The Hall–Kier alpha value is -4.43. The summed E-state index contributed by atoms with van der Waals surface area (Å²) >= 11 is 2.26. The highest BCUT2D eigenvalue weighted by molar-refractivity contribution is 14.1. The molecule has 0 aromatic heterocycles. The van der Waals surface area contributed by atoms with E-state index in [1.807, 2.05) is 97.1 Å². The zero-order chi connectivity index (χ0) is 27.5. The van der Waals surface area contributed by atoms with Gasteiger partial charge in [-0.1, -0.05) is 91.0 Å². The summed E-state index contributed by atoms with van der Waals surface area (Å²) in [5.41, 5.74) is 4.65. The van der Waals surface area contributed by atoms with Crippen molar-refractivity contribution < 1.29 is 14.3 Å². The van der Waals surface area contributed by atoms with Crippen LogP contribution in [0.4, 0.5) is 5.69 Å². The fourth-order valence-corrected chi connectivity index (χ4v) is 5.58. The molecular weight excluding hydrogens is 611 g/mol. The molecule has 196 valence electrons. The van der Waals surface area contributed by atoms with Crippen LogP contribution in [0, 0.1) is 3.57 Å². The summed E-state index contributed by atoms with van der Waals surface area (Å²) in [6.07, 6.45) is 1.87. The van der Waals surface area contributed by atoms with Gasteiger partial charge >= 0.3 is 0 Å². The smallest absolute Gasteiger partial charge is 0.281 e. The second-order valence-electron chi connectivity index (χ2n) is 9.29. The van der Waals surface area contributed by atoms with Crippen molar-refractivity contribution in [3.8, 4) is 11.5 Å². The molecule has 1 aliphatic rings. The topological polar surface area (TPSA) is 51.1 Å². The molecule has 5 aromatic carbocycles. The number of fused-ring (bicyclic) bond motifs is 1. The number of ether oxygens (including phenoxy) is 2. The fraction of sp³-hybridized carbons (Fsp3) is 0.0588. The number of hydrogen-bond acceptors (Lipinski definition) is 4. The molecule has 0 saturated heterocycles. The largest absolute Gasteiger partial charge is 0.493 e. The number of methoxy groups -OCH3 is 1. The summed E-state index contributed by atoms with van der Waals surface area (Å²) in [4.78, 5) is 13.7. The molecule has 5 nitrogen and oxygen atoms in total. The number of rotatable bonds is 7. The third-order valence-electron chi connectivity index (χ3n) is 6.74. The average Bonchev–Trinajstić information content (AvgIpc) is 3.32. The van der Waals surface area contributed by atoms with Gasteiger partial charge in [-0.15, -0.1) is 0 Å². The van der Waals surface area contributed by atoms with Gasteiger partial charge in [0.1, 0.15) is 12.3 Å². The summed E-state index contributed by atoms with van der Waals surface area (Å²) in [6.45, 7) is 0.406. The lowest BCUT2D eigenvalue weighted by atomic mass is 10.00. The van der Waals surface area contributed by atoms with Crippen molar-refractivity contribution in [3.05, 3.63) is 141 Å². The molecule has 1 amide bonds. The Morgan fingerprint density at radius 3 is 2.33 bits per heavy atom. The van der Waals surface area contributed by atoms with Crippen molar-refractivity contribution >= 4 is 56.7 Å². The fourth-order valence-electron chi connectivity index (χ4n) is 4.80. The van der Waals surface area contributed by atoms with Crippen molar-refractivity contribution in [1.82, 2.24) is 0 Å². The van der Waals surface area contributed by atoms with E-state index in [1.165, 1.54) is 10.4 Å². The van der Waals surface area contributed by atoms with Gasteiger partial charge in [-0.2, -0.15) is 10.1 Å². The molecule has 0 saturated carbocycles. The minimum absolute atomic E-state index is 0.185. The van der Waals surface area contributed by atoms with E-state index in [0.29, 0.717) is 35.1 Å². The number of para-hydroxylation sites is 1. The first kappa shape index (κ1) is 25.8. The van der Waals surface area contributed by atoms with Gasteiger partial charge < -0.3 is 9.47 Å². The number of anilines is 1. The minimum atomic E-state index is -0.185. The van der Waals surface area contributed by atoms with Crippen LogP contribution in [0.3, 0.4) is 0 Å². The van der Waals surface area contributed by atoms with Gasteiger partial charge in [-0.3, -0.25) is 4.79 Å². The monoisotopic (exact) mass is 636 g/mol. The van der Waals surface area contributed by atoms with E-state index in [1.54, 1.807) is 7.11 Å². The van der Waals surface area contributed by atoms with E-state index < -0.39 is 0 Å². The number of hydrazone groups is 1. The molecule has 6 heteroatoms. The van der Waals surface area contributed by atoms with Crippen molar-refractivity contribution in [2.45, 2.75) is 6.61 Å². The molecule has 0 radical (unpaired) electrons. The molecule has 0 unspecified atom stereocenters. The number of nitrogens with zero attached hydrogens (tertiary/aromatic N) is 2. The number of carbonyl (C=O) groups is 1. The molecule has 6 rings (SSSR count). The molecule has 40 heavy (non-hydrogen) atoms.